The monoisotopic (exact) mass is 232 g/mol. The predicted octanol–water partition coefficient (Wildman–Crippen LogP) is 2.20. The van der Waals surface area contributed by atoms with Crippen LogP contribution >= 0.6 is 23.2 Å². The minimum atomic E-state index is -0.320. The van der Waals surface area contributed by atoms with Gasteiger partial charge in [0.1, 0.15) is 0 Å². The highest BCUT2D eigenvalue weighted by Crippen LogP contribution is 2.32. The van der Waals surface area contributed by atoms with Crippen molar-refractivity contribution in [2.45, 2.75) is 6.92 Å². The summed E-state index contributed by atoms with van der Waals surface area (Å²) in [4.78, 5) is 11.0. The second-order valence-corrected chi connectivity index (χ2v) is 3.59. The fourth-order valence-corrected chi connectivity index (χ4v) is 1.43. The molecule has 0 fully saturated rings. The Hall–Kier alpha value is -0.770. The minimum absolute atomic E-state index is 0.0966. The normalized spacial score (nSPS) is 10.0. The standard InChI is InChI=1S/C9H10Cl2N2O/c1-5-2-3-6(10)9(8(5)11)13-7(14)4-12/h2-3H,4,12H2,1H3,(H,13,14). The van der Waals surface area contributed by atoms with Gasteiger partial charge in [0.2, 0.25) is 5.91 Å². The third kappa shape index (κ3) is 2.38. The Labute approximate surface area is 92.2 Å². The lowest BCUT2D eigenvalue weighted by Gasteiger charge is -2.09. The van der Waals surface area contributed by atoms with E-state index < -0.39 is 0 Å². The number of halogens is 2. The fourth-order valence-electron chi connectivity index (χ4n) is 0.962. The molecule has 0 aliphatic carbocycles. The Kier molecular flexibility index (Phi) is 3.75. The summed E-state index contributed by atoms with van der Waals surface area (Å²) in [5.74, 6) is -0.320. The number of benzene rings is 1. The van der Waals surface area contributed by atoms with Crippen molar-refractivity contribution in [2.24, 2.45) is 5.73 Å². The van der Waals surface area contributed by atoms with Crippen molar-refractivity contribution < 1.29 is 4.79 Å². The molecule has 14 heavy (non-hydrogen) atoms. The van der Waals surface area contributed by atoms with Crippen LogP contribution in [-0.4, -0.2) is 12.5 Å². The molecule has 3 nitrogen and oxygen atoms in total. The van der Waals surface area contributed by atoms with E-state index in [1.165, 1.54) is 0 Å². The summed E-state index contributed by atoms with van der Waals surface area (Å²) in [6.07, 6.45) is 0. The number of hydrogen-bond donors (Lipinski definition) is 2. The lowest BCUT2D eigenvalue weighted by Crippen LogP contribution is -2.22. The quantitative estimate of drug-likeness (QED) is 0.822. The van der Waals surface area contributed by atoms with Crippen LogP contribution in [0.4, 0.5) is 5.69 Å². The van der Waals surface area contributed by atoms with Gasteiger partial charge in [-0.25, -0.2) is 0 Å². The van der Waals surface area contributed by atoms with E-state index in [1.807, 2.05) is 6.92 Å². The van der Waals surface area contributed by atoms with Crippen molar-refractivity contribution in [3.8, 4) is 0 Å². The van der Waals surface area contributed by atoms with Gasteiger partial charge in [-0.05, 0) is 18.6 Å². The molecule has 0 aliphatic rings. The number of rotatable bonds is 2. The van der Waals surface area contributed by atoms with Gasteiger partial charge >= 0.3 is 0 Å². The first kappa shape index (κ1) is 11.3. The zero-order chi connectivity index (χ0) is 10.7. The second-order valence-electron chi connectivity index (χ2n) is 2.81. The van der Waals surface area contributed by atoms with Crippen molar-refractivity contribution in [1.29, 1.82) is 0 Å². The van der Waals surface area contributed by atoms with Crippen LogP contribution in [-0.2, 0) is 4.79 Å². The smallest absolute Gasteiger partial charge is 0.238 e. The first-order valence-corrected chi connectivity index (χ1v) is 4.76. The molecule has 0 bridgehead atoms. The number of anilines is 1. The number of nitrogens with two attached hydrogens (primary N) is 1. The molecule has 5 heteroatoms. The summed E-state index contributed by atoms with van der Waals surface area (Å²) in [5.41, 5.74) is 6.43. The van der Waals surface area contributed by atoms with Crippen LogP contribution in [0.15, 0.2) is 12.1 Å². The van der Waals surface area contributed by atoms with Gasteiger partial charge in [0.25, 0.3) is 0 Å². The summed E-state index contributed by atoms with van der Waals surface area (Å²) in [6.45, 7) is 1.73. The van der Waals surface area contributed by atoms with Crippen LogP contribution in [0.3, 0.4) is 0 Å². The molecule has 1 aromatic carbocycles. The average Bonchev–Trinajstić information content (AvgIpc) is 2.18. The highest BCUT2D eigenvalue weighted by Gasteiger charge is 2.10. The van der Waals surface area contributed by atoms with Crippen molar-refractivity contribution in [3.05, 3.63) is 27.7 Å². The van der Waals surface area contributed by atoms with Crippen LogP contribution in [0.1, 0.15) is 5.56 Å². The van der Waals surface area contributed by atoms with Crippen LogP contribution in [0.5, 0.6) is 0 Å². The van der Waals surface area contributed by atoms with Crippen molar-refractivity contribution >= 4 is 34.8 Å². The molecule has 0 aliphatic heterocycles. The molecule has 0 aromatic heterocycles. The molecule has 76 valence electrons. The Morgan fingerprint density at radius 2 is 2.14 bits per heavy atom. The van der Waals surface area contributed by atoms with Crippen molar-refractivity contribution in [2.75, 3.05) is 11.9 Å². The lowest BCUT2D eigenvalue weighted by atomic mass is 10.2. The zero-order valence-electron chi connectivity index (χ0n) is 7.60. The Morgan fingerprint density at radius 1 is 1.50 bits per heavy atom. The molecular formula is C9H10Cl2N2O. The van der Waals surface area contributed by atoms with E-state index >= 15 is 0 Å². The number of hydrogen-bond acceptors (Lipinski definition) is 2. The van der Waals surface area contributed by atoms with Crippen LogP contribution in [0.25, 0.3) is 0 Å². The van der Waals surface area contributed by atoms with Gasteiger partial charge in [-0.3, -0.25) is 4.79 Å². The number of nitrogens with one attached hydrogen (secondary N) is 1. The largest absolute Gasteiger partial charge is 0.322 e. The second kappa shape index (κ2) is 4.64. The van der Waals surface area contributed by atoms with Crippen molar-refractivity contribution in [1.82, 2.24) is 0 Å². The maximum Gasteiger partial charge on any atom is 0.238 e. The van der Waals surface area contributed by atoms with E-state index in [9.17, 15) is 4.79 Å². The summed E-state index contributed by atoms with van der Waals surface area (Å²) >= 11 is 11.8. The molecule has 1 amide bonds. The highest BCUT2D eigenvalue weighted by molar-refractivity contribution is 6.40. The summed E-state index contributed by atoms with van der Waals surface area (Å²) in [7, 11) is 0. The van der Waals surface area contributed by atoms with Gasteiger partial charge < -0.3 is 11.1 Å². The average molecular weight is 233 g/mol. The van der Waals surface area contributed by atoms with Gasteiger partial charge in [0.05, 0.1) is 22.3 Å². The lowest BCUT2D eigenvalue weighted by molar-refractivity contribution is -0.114. The van der Waals surface area contributed by atoms with Gasteiger partial charge in [-0.15, -0.1) is 0 Å². The number of aryl methyl sites for hydroxylation is 1. The first-order valence-electron chi connectivity index (χ1n) is 4.00. The molecular weight excluding hydrogens is 223 g/mol. The predicted molar refractivity (Wildman–Crippen MR) is 58.9 cm³/mol. The van der Waals surface area contributed by atoms with E-state index in [0.29, 0.717) is 15.7 Å². The van der Waals surface area contributed by atoms with Crippen molar-refractivity contribution in [3.63, 3.8) is 0 Å². The Bertz CT molecular complexity index is 366. The molecule has 0 saturated heterocycles. The molecule has 0 unspecified atom stereocenters. The van der Waals surface area contributed by atoms with Crippen LogP contribution in [0, 0.1) is 6.92 Å². The maximum atomic E-state index is 11.0. The Morgan fingerprint density at radius 3 is 2.71 bits per heavy atom. The highest BCUT2D eigenvalue weighted by atomic mass is 35.5. The van der Waals surface area contributed by atoms with Gasteiger partial charge in [-0.1, -0.05) is 29.3 Å². The summed E-state index contributed by atoms with van der Waals surface area (Å²) in [5, 5.41) is 3.39. The molecule has 0 heterocycles. The Balaban J connectivity index is 3.06. The summed E-state index contributed by atoms with van der Waals surface area (Å²) in [6, 6.07) is 3.46. The fraction of sp³-hybridized carbons (Fsp3) is 0.222. The molecule has 0 atom stereocenters. The molecule has 1 aromatic rings. The third-order valence-corrected chi connectivity index (χ3v) is 2.54. The molecule has 0 saturated carbocycles. The molecule has 1 rings (SSSR count). The zero-order valence-corrected chi connectivity index (χ0v) is 9.12. The van der Waals surface area contributed by atoms with E-state index in [4.69, 9.17) is 28.9 Å². The van der Waals surface area contributed by atoms with Gasteiger partial charge in [0.15, 0.2) is 0 Å². The third-order valence-electron chi connectivity index (χ3n) is 1.73. The van der Waals surface area contributed by atoms with E-state index in [2.05, 4.69) is 5.32 Å². The molecule has 3 N–H and O–H groups in total. The maximum absolute atomic E-state index is 11.0. The van der Waals surface area contributed by atoms with Crippen LogP contribution < -0.4 is 11.1 Å². The van der Waals surface area contributed by atoms with Crippen LogP contribution in [0.2, 0.25) is 10.0 Å². The first-order chi connectivity index (χ1) is 6.56. The SMILES string of the molecule is Cc1ccc(Cl)c(NC(=O)CN)c1Cl. The molecule has 0 spiro atoms. The summed E-state index contributed by atoms with van der Waals surface area (Å²) < 4.78 is 0. The topological polar surface area (TPSA) is 55.1 Å². The van der Waals surface area contributed by atoms with Gasteiger partial charge in [-0.2, -0.15) is 0 Å². The van der Waals surface area contributed by atoms with E-state index in [-0.39, 0.29) is 12.5 Å². The number of carbonyl (C=O) groups excluding carboxylic acids is 1. The van der Waals surface area contributed by atoms with E-state index in [0.717, 1.165) is 5.56 Å². The van der Waals surface area contributed by atoms with Gasteiger partial charge in [0, 0.05) is 0 Å². The molecule has 0 radical (unpaired) electrons. The van der Waals surface area contributed by atoms with E-state index in [1.54, 1.807) is 12.1 Å². The minimum Gasteiger partial charge on any atom is -0.322 e. The number of amides is 1. The number of carbonyl (C=O) groups is 1.